The molecule has 1 aromatic rings. The first kappa shape index (κ1) is 15.5. The van der Waals surface area contributed by atoms with Gasteiger partial charge >= 0.3 is 12.1 Å². The number of fused-ring (bicyclic) bond motifs is 1. The van der Waals surface area contributed by atoms with E-state index in [1.54, 1.807) is 33.8 Å². The molecule has 0 fully saturated rings. The molecule has 2 heterocycles. The second-order valence-electron chi connectivity index (χ2n) is 5.68. The molecule has 0 saturated carbocycles. The summed E-state index contributed by atoms with van der Waals surface area (Å²) >= 11 is 1.06. The average molecular weight is 312 g/mol. The third-order valence-corrected chi connectivity index (χ3v) is 4.20. The van der Waals surface area contributed by atoms with Crippen LogP contribution in [0, 0.1) is 0 Å². The molecule has 1 aliphatic rings. The molecule has 0 aliphatic carbocycles. The molecule has 0 radical (unpaired) electrons. The summed E-state index contributed by atoms with van der Waals surface area (Å²) in [7, 11) is 0. The number of hydrogen-bond donors (Lipinski definition) is 2. The van der Waals surface area contributed by atoms with Crippen LogP contribution in [0.1, 0.15) is 42.9 Å². The van der Waals surface area contributed by atoms with E-state index in [1.807, 2.05) is 0 Å². The second-order valence-corrected chi connectivity index (χ2v) is 6.72. The van der Waals surface area contributed by atoms with Crippen LogP contribution in [0.2, 0.25) is 0 Å². The molecule has 21 heavy (non-hydrogen) atoms. The van der Waals surface area contributed by atoms with Gasteiger partial charge in [0, 0.05) is 0 Å². The maximum atomic E-state index is 12.1. The highest BCUT2D eigenvalue weighted by Gasteiger charge is 2.49. The fourth-order valence-corrected chi connectivity index (χ4v) is 3.21. The van der Waals surface area contributed by atoms with Gasteiger partial charge in [-0.2, -0.15) is 4.79 Å². The van der Waals surface area contributed by atoms with Gasteiger partial charge in [0.2, 0.25) is 5.00 Å². The number of rotatable bonds is 2. The topological polar surface area (TPSA) is 102 Å². The van der Waals surface area contributed by atoms with Crippen molar-refractivity contribution in [1.82, 2.24) is 4.59 Å². The maximum absolute atomic E-state index is 12.1. The first-order chi connectivity index (χ1) is 9.60. The number of carbonyl (C=O) groups excluding carboxylic acids is 1. The summed E-state index contributed by atoms with van der Waals surface area (Å²) in [4.78, 5) is 24.0. The highest BCUT2D eigenvalue weighted by molar-refractivity contribution is 7.18. The molecule has 1 aliphatic heterocycles. The monoisotopic (exact) mass is 312 g/mol. The smallest absolute Gasteiger partial charge is 0.456 e. The van der Waals surface area contributed by atoms with Crippen molar-refractivity contribution in [3.63, 3.8) is 0 Å². The molecule has 0 spiro atoms. The van der Waals surface area contributed by atoms with E-state index < -0.39 is 22.3 Å². The molecule has 1 unspecified atom stereocenters. The zero-order chi connectivity index (χ0) is 16.0. The van der Waals surface area contributed by atoms with Crippen LogP contribution in [-0.4, -0.2) is 35.2 Å². The lowest BCUT2D eigenvalue weighted by atomic mass is 10.2. The van der Waals surface area contributed by atoms with E-state index in [2.05, 4.69) is 5.10 Å². The van der Waals surface area contributed by atoms with Gasteiger partial charge in [-0.3, -0.25) is 0 Å². The maximum Gasteiger partial charge on any atom is 0.547 e. The van der Waals surface area contributed by atoms with Crippen LogP contribution >= 0.6 is 11.3 Å². The number of carboxylic acid groups (broad SMARTS) is 1. The Morgan fingerprint density at radius 3 is 2.57 bits per heavy atom. The molecule has 2 rings (SSSR count). The number of amides is 1. The highest BCUT2D eigenvalue weighted by atomic mass is 32.1. The lowest BCUT2D eigenvalue weighted by Gasteiger charge is -2.19. The van der Waals surface area contributed by atoms with Gasteiger partial charge in [-0.1, -0.05) is 15.9 Å². The first-order valence-electron chi connectivity index (χ1n) is 6.46. The van der Waals surface area contributed by atoms with Crippen molar-refractivity contribution in [1.29, 1.82) is 0 Å². The Balaban J connectivity index is 2.45. The number of quaternary nitrogens is 1. The Kier molecular flexibility index (Phi) is 3.54. The third-order valence-electron chi connectivity index (χ3n) is 2.98. The van der Waals surface area contributed by atoms with E-state index in [9.17, 15) is 14.7 Å². The first-order valence-corrected chi connectivity index (χ1v) is 7.28. The lowest BCUT2D eigenvalue weighted by Crippen LogP contribution is -2.46. The van der Waals surface area contributed by atoms with Crippen LogP contribution in [0.25, 0.3) is 0 Å². The number of esters is 1. The van der Waals surface area contributed by atoms with Gasteiger partial charge in [0.1, 0.15) is 17.0 Å². The van der Waals surface area contributed by atoms with E-state index in [1.165, 1.54) is 0 Å². The molecule has 1 amide bonds. The molecule has 3 N–H and O–H groups in total. The van der Waals surface area contributed by atoms with Gasteiger partial charge in [0.05, 0.1) is 5.56 Å². The summed E-state index contributed by atoms with van der Waals surface area (Å²) in [6, 6.07) is 1.55. The van der Waals surface area contributed by atoms with Crippen molar-refractivity contribution >= 4 is 34.2 Å². The van der Waals surface area contributed by atoms with Gasteiger partial charge in [0.15, 0.2) is 5.84 Å². The van der Waals surface area contributed by atoms with Crippen molar-refractivity contribution in [2.75, 3.05) is 6.54 Å². The van der Waals surface area contributed by atoms with E-state index in [4.69, 9.17) is 10.5 Å². The molecule has 1 atom stereocenters. The van der Waals surface area contributed by atoms with Crippen LogP contribution in [0.4, 0.5) is 9.80 Å². The highest BCUT2D eigenvalue weighted by Crippen LogP contribution is 2.41. The fourth-order valence-electron chi connectivity index (χ4n) is 2.03. The standard InChI is InChI=1S/C13H17N3O4S/c1-5-16(12(18)19)10-7(9(14)15-16)6-8(21-10)11(17)20-13(2,3)4/h6H,5H2,1-4H3,(H2-,14,15,18,19)/p+1. The molecule has 0 saturated heterocycles. The summed E-state index contributed by atoms with van der Waals surface area (Å²) in [5, 5.41) is 13.9. The van der Waals surface area contributed by atoms with Gasteiger partial charge in [-0.05, 0) is 38.9 Å². The van der Waals surface area contributed by atoms with E-state index >= 15 is 0 Å². The summed E-state index contributed by atoms with van der Waals surface area (Å²) in [5.74, 6) is -0.366. The van der Waals surface area contributed by atoms with E-state index in [-0.39, 0.29) is 12.4 Å². The fraction of sp³-hybridized carbons (Fsp3) is 0.462. The van der Waals surface area contributed by atoms with Crippen molar-refractivity contribution in [3.8, 4) is 0 Å². The second kappa shape index (κ2) is 4.81. The Morgan fingerprint density at radius 1 is 1.48 bits per heavy atom. The number of amidine groups is 1. The molecule has 0 aromatic carbocycles. The number of thiophene rings is 1. The lowest BCUT2D eigenvalue weighted by molar-refractivity contribution is 0.00751. The predicted octanol–water partition coefficient (Wildman–Crippen LogP) is 2.34. The molecule has 1 aromatic heterocycles. The van der Waals surface area contributed by atoms with Crippen LogP contribution < -0.4 is 10.3 Å². The summed E-state index contributed by atoms with van der Waals surface area (Å²) in [6.45, 7) is 7.22. The SMILES string of the molecule is CC[N+]1(C(=O)O)N=C(N)c2cc(C(=O)OC(C)(C)C)sc21. The normalized spacial score (nSPS) is 20.9. The third kappa shape index (κ3) is 2.52. The molecule has 114 valence electrons. The van der Waals surface area contributed by atoms with Crippen molar-refractivity contribution < 1.29 is 19.4 Å². The molecule has 0 bridgehead atoms. The zero-order valence-electron chi connectivity index (χ0n) is 12.3. The molecular weight excluding hydrogens is 294 g/mol. The van der Waals surface area contributed by atoms with Crippen molar-refractivity contribution in [3.05, 3.63) is 16.5 Å². The number of nitrogens with zero attached hydrogens (tertiary/aromatic N) is 2. The summed E-state index contributed by atoms with van der Waals surface area (Å²) in [6.07, 6.45) is -1.13. The minimum absolute atomic E-state index is 0.125. The largest absolute Gasteiger partial charge is 0.547 e. The Bertz CT molecular complexity index is 644. The van der Waals surface area contributed by atoms with Gasteiger partial charge in [0.25, 0.3) is 0 Å². The minimum atomic E-state index is -1.13. The minimum Gasteiger partial charge on any atom is -0.456 e. The zero-order valence-corrected chi connectivity index (χ0v) is 13.2. The Hall–Kier alpha value is -1.93. The van der Waals surface area contributed by atoms with E-state index in [0.717, 1.165) is 11.3 Å². The quantitative estimate of drug-likeness (QED) is 0.644. The number of carbonyl (C=O) groups is 2. The van der Waals surface area contributed by atoms with Crippen LogP contribution in [0.15, 0.2) is 11.2 Å². The average Bonchev–Trinajstić information content (AvgIpc) is 2.87. The van der Waals surface area contributed by atoms with Crippen LogP contribution in [0.5, 0.6) is 0 Å². The number of ether oxygens (including phenoxy) is 1. The predicted molar refractivity (Wildman–Crippen MR) is 80.6 cm³/mol. The molecule has 7 nitrogen and oxygen atoms in total. The summed E-state index contributed by atoms with van der Waals surface area (Å²) < 4.78 is 4.66. The van der Waals surface area contributed by atoms with Gasteiger partial charge in [-0.15, -0.1) is 0 Å². The van der Waals surface area contributed by atoms with E-state index in [0.29, 0.717) is 15.4 Å². The van der Waals surface area contributed by atoms with Gasteiger partial charge in [-0.25, -0.2) is 4.79 Å². The number of hydrogen-bond acceptors (Lipinski definition) is 6. The van der Waals surface area contributed by atoms with Crippen LogP contribution in [-0.2, 0) is 4.74 Å². The summed E-state index contributed by atoms with van der Waals surface area (Å²) in [5.41, 5.74) is 5.68. The molecule has 8 heteroatoms. The Labute approximate surface area is 126 Å². The van der Waals surface area contributed by atoms with Crippen LogP contribution in [0.3, 0.4) is 0 Å². The molecular formula is C13H18N3O4S+. The van der Waals surface area contributed by atoms with Crippen molar-refractivity contribution in [2.24, 2.45) is 10.8 Å². The van der Waals surface area contributed by atoms with Crippen molar-refractivity contribution in [2.45, 2.75) is 33.3 Å². The number of nitrogens with two attached hydrogens (primary N) is 1. The van der Waals surface area contributed by atoms with Gasteiger partial charge < -0.3 is 15.6 Å². The Morgan fingerprint density at radius 2 is 2.10 bits per heavy atom.